The highest BCUT2D eigenvalue weighted by molar-refractivity contribution is 6.46. The number of Topliss-reactive ketones (excluding diaryl/α,β-unsaturated/α-hetero) is 1. The van der Waals surface area contributed by atoms with Crippen molar-refractivity contribution in [2.24, 2.45) is 0 Å². The van der Waals surface area contributed by atoms with Crippen molar-refractivity contribution in [1.82, 2.24) is 4.90 Å². The monoisotopic (exact) mass is 381 g/mol. The quantitative estimate of drug-likeness (QED) is 0.487. The number of aliphatic hydroxyl groups excluding tert-OH is 1. The zero-order chi connectivity index (χ0) is 19.7. The second-order valence-electron chi connectivity index (χ2n) is 6.46. The lowest BCUT2D eigenvalue weighted by Crippen LogP contribution is -2.32. The van der Waals surface area contributed by atoms with Crippen LogP contribution in [0.25, 0.3) is 5.76 Å². The van der Waals surface area contributed by atoms with Gasteiger partial charge in [0, 0.05) is 19.2 Å². The largest absolute Gasteiger partial charge is 0.507 e. The predicted octanol–water partition coefficient (Wildman–Crippen LogP) is 2.48. The molecule has 7 heteroatoms. The Bertz CT molecular complexity index is 953. The molecular weight excluding hydrogens is 362 g/mol. The average Bonchev–Trinajstić information content (AvgIpc) is 3.29. The van der Waals surface area contributed by atoms with Gasteiger partial charge in [0.15, 0.2) is 11.5 Å². The van der Waals surface area contributed by atoms with Gasteiger partial charge < -0.3 is 24.2 Å². The van der Waals surface area contributed by atoms with Crippen molar-refractivity contribution >= 4 is 17.4 Å². The Labute approximate surface area is 161 Å². The highest BCUT2D eigenvalue weighted by Gasteiger charge is 2.46. The summed E-state index contributed by atoms with van der Waals surface area (Å²) in [6.07, 6.45) is 0. The molecule has 0 saturated carbocycles. The molecule has 2 heterocycles. The Morgan fingerprint density at radius 3 is 2.64 bits per heavy atom. The molecule has 0 aliphatic carbocycles. The molecule has 2 aromatic carbocycles. The molecule has 0 aromatic heterocycles. The standard InChI is InChI=1S/C21H19NO6/c1-26-10-9-22-18(14-7-8-15-16(11-14)28-12-27-15)17(20(24)21(22)25)19(23)13-5-3-2-4-6-13/h2-8,11,18,23H,9-10,12H2,1H3/b19-17-. The van der Waals surface area contributed by atoms with Crippen LogP contribution in [0.15, 0.2) is 54.1 Å². The molecule has 2 aliphatic rings. The van der Waals surface area contributed by atoms with E-state index in [4.69, 9.17) is 14.2 Å². The van der Waals surface area contributed by atoms with Gasteiger partial charge in [-0.3, -0.25) is 9.59 Å². The first-order chi connectivity index (χ1) is 13.6. The molecule has 1 saturated heterocycles. The van der Waals surface area contributed by atoms with E-state index in [-0.39, 0.29) is 31.3 Å². The molecule has 1 amide bonds. The van der Waals surface area contributed by atoms with Gasteiger partial charge in [0.25, 0.3) is 11.7 Å². The number of hydrogen-bond donors (Lipinski definition) is 1. The number of likely N-dealkylation sites (tertiary alicyclic amines) is 1. The molecule has 28 heavy (non-hydrogen) atoms. The number of carbonyl (C=O) groups is 2. The number of amides is 1. The van der Waals surface area contributed by atoms with Crippen molar-refractivity contribution in [3.05, 3.63) is 65.2 Å². The molecule has 2 aliphatic heterocycles. The van der Waals surface area contributed by atoms with Crippen molar-refractivity contribution < 1.29 is 28.9 Å². The minimum absolute atomic E-state index is 0.0474. The van der Waals surface area contributed by atoms with Crippen molar-refractivity contribution in [2.45, 2.75) is 6.04 Å². The van der Waals surface area contributed by atoms with Gasteiger partial charge in [0.1, 0.15) is 5.76 Å². The van der Waals surface area contributed by atoms with Gasteiger partial charge in [-0.2, -0.15) is 0 Å². The van der Waals surface area contributed by atoms with Gasteiger partial charge in [-0.25, -0.2) is 0 Å². The van der Waals surface area contributed by atoms with Gasteiger partial charge in [0.2, 0.25) is 6.79 Å². The number of methoxy groups -OCH3 is 1. The number of fused-ring (bicyclic) bond motifs is 1. The first-order valence-corrected chi connectivity index (χ1v) is 8.84. The second-order valence-corrected chi connectivity index (χ2v) is 6.46. The lowest BCUT2D eigenvalue weighted by Gasteiger charge is -2.25. The van der Waals surface area contributed by atoms with Crippen LogP contribution >= 0.6 is 0 Å². The van der Waals surface area contributed by atoms with Crippen LogP contribution in [0.1, 0.15) is 17.2 Å². The van der Waals surface area contributed by atoms with Crippen LogP contribution in [-0.2, 0) is 14.3 Å². The summed E-state index contributed by atoms with van der Waals surface area (Å²) >= 11 is 0. The molecule has 0 bridgehead atoms. The maximum Gasteiger partial charge on any atom is 0.295 e. The number of nitrogens with zero attached hydrogens (tertiary/aromatic N) is 1. The van der Waals surface area contributed by atoms with Gasteiger partial charge >= 0.3 is 0 Å². The van der Waals surface area contributed by atoms with E-state index in [0.29, 0.717) is 22.6 Å². The van der Waals surface area contributed by atoms with E-state index >= 15 is 0 Å². The summed E-state index contributed by atoms with van der Waals surface area (Å²) in [5, 5.41) is 10.9. The van der Waals surface area contributed by atoms with Gasteiger partial charge in [-0.15, -0.1) is 0 Å². The first kappa shape index (κ1) is 18.1. The zero-order valence-corrected chi connectivity index (χ0v) is 15.3. The summed E-state index contributed by atoms with van der Waals surface area (Å²) in [4.78, 5) is 26.9. The summed E-state index contributed by atoms with van der Waals surface area (Å²) in [5.41, 5.74) is 1.17. The molecule has 4 rings (SSSR count). The SMILES string of the molecule is COCCN1C(=O)C(=O)/C(=C(\O)c2ccccc2)C1c1ccc2c(c1)OCO2. The molecule has 1 unspecified atom stereocenters. The first-order valence-electron chi connectivity index (χ1n) is 8.84. The molecule has 1 N–H and O–H groups in total. The Balaban J connectivity index is 1.85. The molecule has 0 radical (unpaired) electrons. The smallest absolute Gasteiger partial charge is 0.295 e. The van der Waals surface area contributed by atoms with Gasteiger partial charge in [0.05, 0.1) is 18.2 Å². The summed E-state index contributed by atoms with van der Waals surface area (Å²) in [6.45, 7) is 0.595. The van der Waals surface area contributed by atoms with Crippen LogP contribution in [0.3, 0.4) is 0 Å². The fourth-order valence-electron chi connectivity index (χ4n) is 3.48. The Kier molecular flexibility index (Phi) is 4.75. The maximum atomic E-state index is 12.8. The maximum absolute atomic E-state index is 12.8. The van der Waals surface area contributed by atoms with Crippen molar-refractivity contribution in [3.63, 3.8) is 0 Å². The third-order valence-corrected chi connectivity index (χ3v) is 4.84. The zero-order valence-electron chi connectivity index (χ0n) is 15.3. The highest BCUT2D eigenvalue weighted by Crippen LogP contribution is 2.42. The van der Waals surface area contributed by atoms with Gasteiger partial charge in [-0.05, 0) is 17.7 Å². The Morgan fingerprint density at radius 1 is 1.14 bits per heavy atom. The highest BCUT2D eigenvalue weighted by atomic mass is 16.7. The minimum atomic E-state index is -0.746. The van der Waals surface area contributed by atoms with Gasteiger partial charge in [-0.1, -0.05) is 36.4 Å². The number of aliphatic hydroxyl groups is 1. The Morgan fingerprint density at radius 2 is 1.89 bits per heavy atom. The number of benzene rings is 2. The third-order valence-electron chi connectivity index (χ3n) is 4.84. The second kappa shape index (κ2) is 7.36. The van der Waals surface area contributed by atoms with Crippen molar-refractivity contribution in [3.8, 4) is 11.5 Å². The fourth-order valence-corrected chi connectivity index (χ4v) is 3.48. The van der Waals surface area contributed by atoms with E-state index < -0.39 is 17.7 Å². The number of ether oxygens (including phenoxy) is 3. The summed E-state index contributed by atoms with van der Waals surface area (Å²) in [5.74, 6) is -0.464. The normalized spacial score (nSPS) is 20.0. The van der Waals surface area contributed by atoms with Crippen LogP contribution in [0.2, 0.25) is 0 Å². The summed E-state index contributed by atoms with van der Waals surface area (Å²) in [7, 11) is 1.52. The van der Waals surface area contributed by atoms with Crippen LogP contribution in [0.4, 0.5) is 0 Å². The predicted molar refractivity (Wildman–Crippen MR) is 99.9 cm³/mol. The van der Waals surface area contributed by atoms with E-state index in [9.17, 15) is 14.7 Å². The third kappa shape index (κ3) is 2.99. The topological polar surface area (TPSA) is 85.3 Å². The number of ketones is 1. The summed E-state index contributed by atoms with van der Waals surface area (Å²) in [6, 6.07) is 13.2. The average molecular weight is 381 g/mol. The lowest BCUT2D eigenvalue weighted by atomic mass is 9.95. The van der Waals surface area contributed by atoms with E-state index in [1.54, 1.807) is 42.5 Å². The minimum Gasteiger partial charge on any atom is -0.507 e. The molecule has 144 valence electrons. The molecular formula is C21H19NO6. The number of carbonyl (C=O) groups excluding carboxylic acids is 2. The van der Waals surface area contributed by atoms with Crippen LogP contribution < -0.4 is 9.47 Å². The van der Waals surface area contributed by atoms with Crippen LogP contribution in [-0.4, -0.2) is 48.8 Å². The molecule has 7 nitrogen and oxygen atoms in total. The van der Waals surface area contributed by atoms with E-state index in [2.05, 4.69) is 0 Å². The Hall–Kier alpha value is -3.32. The van der Waals surface area contributed by atoms with Crippen molar-refractivity contribution in [1.29, 1.82) is 0 Å². The van der Waals surface area contributed by atoms with Crippen molar-refractivity contribution in [2.75, 3.05) is 27.1 Å². The van der Waals surface area contributed by atoms with E-state index in [1.807, 2.05) is 6.07 Å². The number of hydrogen-bond acceptors (Lipinski definition) is 6. The molecule has 1 atom stereocenters. The van der Waals surface area contributed by atoms with Crippen LogP contribution in [0, 0.1) is 0 Å². The molecule has 0 spiro atoms. The van der Waals surface area contributed by atoms with E-state index in [0.717, 1.165) is 0 Å². The summed E-state index contributed by atoms with van der Waals surface area (Å²) < 4.78 is 15.9. The molecule has 2 aromatic rings. The fraction of sp³-hybridized carbons (Fsp3) is 0.238. The van der Waals surface area contributed by atoms with E-state index in [1.165, 1.54) is 12.0 Å². The lowest BCUT2D eigenvalue weighted by molar-refractivity contribution is -0.140. The number of rotatable bonds is 5. The van der Waals surface area contributed by atoms with Crippen LogP contribution in [0.5, 0.6) is 11.5 Å². The molecule has 1 fully saturated rings.